The molecule has 2 aromatic rings. The van der Waals surface area contributed by atoms with E-state index in [0.29, 0.717) is 5.52 Å². The van der Waals surface area contributed by atoms with Crippen LogP contribution in [0.4, 0.5) is 0 Å². The molecule has 0 radical (unpaired) electrons. The van der Waals surface area contributed by atoms with E-state index < -0.39 is 11.5 Å². The molecule has 0 aliphatic heterocycles. The number of carboxylic acids is 1. The van der Waals surface area contributed by atoms with Gasteiger partial charge in [-0.25, -0.2) is 9.78 Å². The normalized spacial score (nSPS) is 10.6. The standard InChI is InChI=1S/C10H8N2O4/c1-4-8(13)7-5(12-9(4)14)2-3-6(11-7)10(15)16/h2-3H,1H3,(H,15,16)(H2,12,13,14). The Bertz CT molecular complexity index is 645. The zero-order chi connectivity index (χ0) is 11.9. The fraction of sp³-hybridized carbons (Fsp3) is 0.100. The van der Waals surface area contributed by atoms with Gasteiger partial charge in [0.05, 0.1) is 11.1 Å². The van der Waals surface area contributed by atoms with Crippen LogP contribution in [0.15, 0.2) is 16.9 Å². The summed E-state index contributed by atoms with van der Waals surface area (Å²) < 4.78 is 0. The Morgan fingerprint density at radius 1 is 1.44 bits per heavy atom. The molecule has 0 amide bonds. The number of carboxylic acid groups (broad SMARTS) is 1. The van der Waals surface area contributed by atoms with Crippen LogP contribution < -0.4 is 5.56 Å². The van der Waals surface area contributed by atoms with Crippen molar-refractivity contribution in [3.8, 4) is 5.75 Å². The van der Waals surface area contributed by atoms with Gasteiger partial charge in [-0.05, 0) is 19.1 Å². The van der Waals surface area contributed by atoms with Crippen molar-refractivity contribution in [2.45, 2.75) is 6.92 Å². The number of H-pyrrole nitrogens is 1. The van der Waals surface area contributed by atoms with Gasteiger partial charge >= 0.3 is 5.97 Å². The average Bonchev–Trinajstić information content (AvgIpc) is 2.25. The molecular weight excluding hydrogens is 212 g/mol. The number of fused-ring (bicyclic) bond motifs is 1. The highest BCUT2D eigenvalue weighted by molar-refractivity contribution is 5.90. The Labute approximate surface area is 89.2 Å². The van der Waals surface area contributed by atoms with Crippen LogP contribution in [-0.2, 0) is 0 Å². The SMILES string of the molecule is Cc1c(O)c2nc(C(=O)O)ccc2[nH]c1=O. The molecule has 0 atom stereocenters. The second kappa shape index (κ2) is 3.34. The maximum atomic E-state index is 11.3. The number of aromatic amines is 1. The first-order valence-corrected chi connectivity index (χ1v) is 4.46. The van der Waals surface area contributed by atoms with Crippen molar-refractivity contribution in [2.24, 2.45) is 0 Å². The van der Waals surface area contributed by atoms with Gasteiger partial charge in [-0.1, -0.05) is 0 Å². The molecule has 0 aromatic carbocycles. The fourth-order valence-corrected chi connectivity index (χ4v) is 1.36. The second-order valence-corrected chi connectivity index (χ2v) is 3.33. The number of aromatic carboxylic acids is 1. The van der Waals surface area contributed by atoms with Gasteiger partial charge in [0.2, 0.25) is 0 Å². The summed E-state index contributed by atoms with van der Waals surface area (Å²) in [5.74, 6) is -1.48. The van der Waals surface area contributed by atoms with Crippen LogP contribution >= 0.6 is 0 Å². The van der Waals surface area contributed by atoms with E-state index in [9.17, 15) is 14.7 Å². The van der Waals surface area contributed by atoms with Crippen molar-refractivity contribution < 1.29 is 15.0 Å². The van der Waals surface area contributed by atoms with E-state index in [4.69, 9.17) is 5.11 Å². The molecule has 82 valence electrons. The van der Waals surface area contributed by atoms with Crippen molar-refractivity contribution in [1.29, 1.82) is 0 Å². The molecule has 2 aromatic heterocycles. The highest BCUT2D eigenvalue weighted by Gasteiger charge is 2.12. The smallest absolute Gasteiger partial charge is 0.354 e. The van der Waals surface area contributed by atoms with Crippen LogP contribution in [0.2, 0.25) is 0 Å². The lowest BCUT2D eigenvalue weighted by atomic mass is 10.2. The Kier molecular flexibility index (Phi) is 2.12. The average molecular weight is 220 g/mol. The first-order chi connectivity index (χ1) is 7.50. The summed E-state index contributed by atoms with van der Waals surface area (Å²) in [6.07, 6.45) is 0. The van der Waals surface area contributed by atoms with Crippen molar-refractivity contribution in [1.82, 2.24) is 9.97 Å². The largest absolute Gasteiger partial charge is 0.505 e. The highest BCUT2D eigenvalue weighted by atomic mass is 16.4. The van der Waals surface area contributed by atoms with E-state index in [-0.39, 0.29) is 22.5 Å². The third-order valence-corrected chi connectivity index (χ3v) is 2.28. The lowest BCUT2D eigenvalue weighted by molar-refractivity contribution is 0.0691. The van der Waals surface area contributed by atoms with Crippen LogP contribution in [-0.4, -0.2) is 26.2 Å². The molecule has 2 heterocycles. The summed E-state index contributed by atoms with van der Waals surface area (Å²) in [6.45, 7) is 1.43. The van der Waals surface area contributed by atoms with Crippen molar-refractivity contribution >= 4 is 17.0 Å². The molecule has 0 aliphatic rings. The zero-order valence-electron chi connectivity index (χ0n) is 8.31. The van der Waals surface area contributed by atoms with Crippen LogP contribution in [0.5, 0.6) is 5.75 Å². The molecule has 0 bridgehead atoms. The van der Waals surface area contributed by atoms with E-state index in [1.165, 1.54) is 19.1 Å². The van der Waals surface area contributed by atoms with Crippen molar-refractivity contribution in [3.63, 3.8) is 0 Å². The summed E-state index contributed by atoms with van der Waals surface area (Å²) in [4.78, 5) is 28.3. The van der Waals surface area contributed by atoms with Crippen molar-refractivity contribution in [2.75, 3.05) is 0 Å². The molecule has 3 N–H and O–H groups in total. The Morgan fingerprint density at radius 3 is 2.75 bits per heavy atom. The summed E-state index contributed by atoms with van der Waals surface area (Å²) in [6, 6.07) is 2.65. The van der Waals surface area contributed by atoms with Gasteiger partial charge in [0.15, 0.2) is 5.75 Å². The monoisotopic (exact) mass is 220 g/mol. The van der Waals surface area contributed by atoms with Gasteiger partial charge in [-0.15, -0.1) is 0 Å². The zero-order valence-corrected chi connectivity index (χ0v) is 8.31. The third kappa shape index (κ3) is 1.40. The Balaban J connectivity index is 2.88. The minimum Gasteiger partial charge on any atom is -0.505 e. The summed E-state index contributed by atoms with van der Waals surface area (Å²) in [5, 5.41) is 18.4. The van der Waals surface area contributed by atoms with Gasteiger partial charge in [0, 0.05) is 0 Å². The van der Waals surface area contributed by atoms with E-state index in [2.05, 4.69) is 9.97 Å². The Morgan fingerprint density at radius 2 is 2.12 bits per heavy atom. The molecule has 0 saturated carbocycles. The molecule has 0 unspecified atom stereocenters. The molecule has 6 heteroatoms. The number of pyridine rings is 2. The maximum absolute atomic E-state index is 11.3. The van der Waals surface area contributed by atoms with Gasteiger partial charge in [-0.2, -0.15) is 0 Å². The third-order valence-electron chi connectivity index (χ3n) is 2.28. The first-order valence-electron chi connectivity index (χ1n) is 4.46. The topological polar surface area (TPSA) is 103 Å². The minimum absolute atomic E-state index is 0.0806. The van der Waals surface area contributed by atoms with Crippen molar-refractivity contribution in [3.05, 3.63) is 33.7 Å². The van der Waals surface area contributed by atoms with E-state index >= 15 is 0 Å². The molecule has 6 nitrogen and oxygen atoms in total. The molecule has 0 aliphatic carbocycles. The summed E-state index contributed by atoms with van der Waals surface area (Å²) in [7, 11) is 0. The number of aromatic hydroxyl groups is 1. The number of nitrogens with zero attached hydrogens (tertiary/aromatic N) is 1. The predicted octanol–water partition coefficient (Wildman–Crippen LogP) is 0.635. The molecule has 0 fully saturated rings. The molecule has 0 spiro atoms. The number of nitrogens with one attached hydrogen (secondary N) is 1. The number of rotatable bonds is 1. The summed E-state index contributed by atoms with van der Waals surface area (Å²) in [5.41, 5.74) is -0.109. The van der Waals surface area contributed by atoms with E-state index in [0.717, 1.165) is 0 Å². The second-order valence-electron chi connectivity index (χ2n) is 3.33. The first kappa shape index (κ1) is 10.2. The van der Waals surface area contributed by atoms with Gasteiger partial charge in [0.1, 0.15) is 11.2 Å². The highest BCUT2D eigenvalue weighted by Crippen LogP contribution is 2.22. The minimum atomic E-state index is -1.19. The van der Waals surface area contributed by atoms with Crippen LogP contribution in [0.3, 0.4) is 0 Å². The number of hydrogen-bond donors (Lipinski definition) is 3. The number of aromatic nitrogens is 2. The summed E-state index contributed by atoms with van der Waals surface area (Å²) >= 11 is 0. The maximum Gasteiger partial charge on any atom is 0.354 e. The molecule has 16 heavy (non-hydrogen) atoms. The lowest BCUT2D eigenvalue weighted by Crippen LogP contribution is -2.10. The predicted molar refractivity (Wildman–Crippen MR) is 55.7 cm³/mol. The van der Waals surface area contributed by atoms with E-state index in [1.54, 1.807) is 0 Å². The fourth-order valence-electron chi connectivity index (χ4n) is 1.36. The number of carbonyl (C=O) groups is 1. The van der Waals surface area contributed by atoms with Gasteiger partial charge in [-0.3, -0.25) is 4.79 Å². The molecular formula is C10H8N2O4. The Hall–Kier alpha value is -2.37. The quantitative estimate of drug-likeness (QED) is 0.654. The lowest BCUT2D eigenvalue weighted by Gasteiger charge is -2.03. The van der Waals surface area contributed by atoms with Gasteiger partial charge in [0.25, 0.3) is 5.56 Å². The van der Waals surface area contributed by atoms with Gasteiger partial charge < -0.3 is 15.2 Å². The molecule has 0 saturated heterocycles. The number of hydrogen-bond acceptors (Lipinski definition) is 4. The van der Waals surface area contributed by atoms with Crippen LogP contribution in [0, 0.1) is 6.92 Å². The van der Waals surface area contributed by atoms with Crippen LogP contribution in [0.25, 0.3) is 11.0 Å². The van der Waals surface area contributed by atoms with E-state index in [1.807, 2.05) is 0 Å². The van der Waals surface area contributed by atoms with Crippen LogP contribution in [0.1, 0.15) is 16.1 Å². The molecule has 2 rings (SSSR count).